The molecule has 3 heterocycles. The molecule has 0 saturated carbocycles. The van der Waals surface area contributed by atoms with Gasteiger partial charge in [-0.3, -0.25) is 0 Å². The van der Waals surface area contributed by atoms with Crippen molar-refractivity contribution in [3.05, 3.63) is 53.5 Å². The van der Waals surface area contributed by atoms with E-state index in [1.54, 1.807) is 18.3 Å². The number of hydrogen-bond donors (Lipinski definition) is 2. The van der Waals surface area contributed by atoms with Crippen LogP contribution in [0.5, 0.6) is 0 Å². The third-order valence-electron chi connectivity index (χ3n) is 6.23. The lowest BCUT2D eigenvalue weighted by molar-refractivity contribution is 0.228. The number of pyridine rings is 1. The zero-order valence-corrected chi connectivity index (χ0v) is 18.4. The van der Waals surface area contributed by atoms with E-state index in [4.69, 9.17) is 5.26 Å². The number of aromatic nitrogens is 1. The van der Waals surface area contributed by atoms with Gasteiger partial charge in [-0.15, -0.1) is 0 Å². The average molecular weight is 437 g/mol. The number of nitrogens with one attached hydrogen (secondary N) is 2. The van der Waals surface area contributed by atoms with E-state index in [2.05, 4.69) is 26.6 Å². The van der Waals surface area contributed by atoms with Crippen LogP contribution >= 0.6 is 0 Å². The van der Waals surface area contributed by atoms with Crippen LogP contribution in [-0.4, -0.2) is 49.3 Å². The third kappa shape index (κ3) is 5.28. The van der Waals surface area contributed by atoms with Gasteiger partial charge in [0, 0.05) is 44.5 Å². The first-order valence-electron chi connectivity index (χ1n) is 11.2. The fourth-order valence-corrected chi connectivity index (χ4v) is 4.48. The van der Waals surface area contributed by atoms with Gasteiger partial charge < -0.3 is 20.4 Å². The van der Waals surface area contributed by atoms with Gasteiger partial charge in [-0.25, -0.2) is 14.2 Å². The van der Waals surface area contributed by atoms with E-state index in [-0.39, 0.29) is 23.9 Å². The summed E-state index contributed by atoms with van der Waals surface area (Å²) in [5.41, 5.74) is 2.19. The molecule has 1 atom stereocenters. The van der Waals surface area contributed by atoms with Crippen LogP contribution in [0.15, 0.2) is 36.5 Å². The van der Waals surface area contributed by atoms with Crippen LogP contribution in [0.1, 0.15) is 36.8 Å². The quantitative estimate of drug-likeness (QED) is 0.768. The molecule has 0 aliphatic carbocycles. The number of amides is 2. The maximum Gasteiger partial charge on any atom is 0.315 e. The molecule has 7 nitrogen and oxygen atoms in total. The van der Waals surface area contributed by atoms with Gasteiger partial charge in [0.1, 0.15) is 17.7 Å². The highest BCUT2D eigenvalue weighted by Crippen LogP contribution is 2.24. The van der Waals surface area contributed by atoms with Crippen LogP contribution in [-0.2, 0) is 0 Å². The normalized spacial score (nSPS) is 19.3. The second kappa shape index (κ2) is 9.86. The first-order chi connectivity index (χ1) is 15.5. The lowest BCUT2D eigenvalue weighted by Gasteiger charge is -2.36. The number of anilines is 2. The number of carbonyl (C=O) groups is 1. The van der Waals surface area contributed by atoms with Crippen molar-refractivity contribution in [2.75, 3.05) is 36.0 Å². The molecule has 0 bridgehead atoms. The molecular weight excluding hydrogens is 407 g/mol. The largest absolute Gasteiger partial charge is 0.367 e. The summed E-state index contributed by atoms with van der Waals surface area (Å²) in [6.45, 7) is 4.96. The predicted molar refractivity (Wildman–Crippen MR) is 122 cm³/mol. The first-order valence-corrected chi connectivity index (χ1v) is 11.2. The Morgan fingerprint density at radius 3 is 2.59 bits per heavy atom. The number of rotatable bonds is 4. The van der Waals surface area contributed by atoms with Gasteiger partial charge in [-0.1, -0.05) is 6.07 Å². The number of piperidine rings is 2. The predicted octanol–water partition coefficient (Wildman–Crippen LogP) is 3.34. The van der Waals surface area contributed by atoms with Gasteiger partial charge in [0.25, 0.3) is 0 Å². The Bertz CT molecular complexity index is 981. The fraction of sp³-hybridized carbons (Fsp3) is 0.458. The summed E-state index contributed by atoms with van der Waals surface area (Å²) in [5.74, 6) is 0.641. The lowest BCUT2D eigenvalue weighted by atomic mass is 10.0. The van der Waals surface area contributed by atoms with Crippen molar-refractivity contribution in [2.24, 2.45) is 0 Å². The Balaban J connectivity index is 1.25. The van der Waals surface area contributed by atoms with Gasteiger partial charge in [0.05, 0.1) is 11.3 Å². The number of urea groups is 1. The van der Waals surface area contributed by atoms with E-state index < -0.39 is 0 Å². The van der Waals surface area contributed by atoms with Crippen molar-refractivity contribution >= 4 is 17.5 Å². The summed E-state index contributed by atoms with van der Waals surface area (Å²) in [4.78, 5) is 21.1. The summed E-state index contributed by atoms with van der Waals surface area (Å²) < 4.78 is 14.3. The molecule has 32 heavy (non-hydrogen) atoms. The van der Waals surface area contributed by atoms with Crippen LogP contribution < -0.4 is 20.4 Å². The van der Waals surface area contributed by atoms with E-state index in [0.29, 0.717) is 17.8 Å². The molecular formula is C24H29FN6O. The van der Waals surface area contributed by atoms with E-state index in [1.807, 2.05) is 24.0 Å². The zero-order chi connectivity index (χ0) is 22.5. The number of aryl methyl sites for hydroxylation is 1. The molecule has 2 aliphatic heterocycles. The van der Waals surface area contributed by atoms with Crippen molar-refractivity contribution in [1.82, 2.24) is 15.6 Å². The highest BCUT2D eigenvalue weighted by Gasteiger charge is 2.26. The highest BCUT2D eigenvalue weighted by atomic mass is 19.1. The molecule has 8 heteroatoms. The molecule has 2 N–H and O–H groups in total. The number of nitrogens with zero attached hydrogens (tertiary/aromatic N) is 4. The molecule has 4 rings (SSSR count). The summed E-state index contributed by atoms with van der Waals surface area (Å²) in [7, 11) is 0. The molecule has 2 amide bonds. The number of benzene rings is 1. The summed E-state index contributed by atoms with van der Waals surface area (Å²) >= 11 is 0. The minimum Gasteiger partial charge on any atom is -0.367 e. The monoisotopic (exact) mass is 436 g/mol. The minimum absolute atomic E-state index is 0.00778. The Labute approximate surface area is 188 Å². The van der Waals surface area contributed by atoms with Gasteiger partial charge in [-0.05, 0) is 62.4 Å². The number of hydrogen-bond acceptors (Lipinski definition) is 5. The number of carbonyl (C=O) groups excluding carboxylic acids is 1. The Morgan fingerprint density at radius 1 is 1.09 bits per heavy atom. The lowest BCUT2D eigenvalue weighted by Crippen LogP contribution is -2.54. The SMILES string of the molecule is Cc1ccc(F)c(N2CCCC(NC(=O)NC3CCN(c4ccc(C#N)cn4)CC3)C2)c1. The molecule has 2 saturated heterocycles. The second-order valence-electron chi connectivity index (χ2n) is 8.64. The highest BCUT2D eigenvalue weighted by molar-refractivity contribution is 5.74. The average Bonchev–Trinajstić information content (AvgIpc) is 2.81. The van der Waals surface area contributed by atoms with E-state index >= 15 is 0 Å². The maximum absolute atomic E-state index is 14.3. The second-order valence-corrected chi connectivity index (χ2v) is 8.64. The molecule has 1 aromatic heterocycles. The molecule has 168 valence electrons. The van der Waals surface area contributed by atoms with Gasteiger partial charge in [0.15, 0.2) is 0 Å². The molecule has 2 aromatic rings. The molecule has 1 unspecified atom stereocenters. The van der Waals surface area contributed by atoms with Crippen LogP contribution in [0.25, 0.3) is 0 Å². The van der Waals surface area contributed by atoms with Crippen LogP contribution in [0, 0.1) is 24.1 Å². The molecule has 0 radical (unpaired) electrons. The van der Waals surface area contributed by atoms with Crippen LogP contribution in [0.2, 0.25) is 0 Å². The van der Waals surface area contributed by atoms with Crippen molar-refractivity contribution in [2.45, 2.75) is 44.7 Å². The van der Waals surface area contributed by atoms with E-state index in [0.717, 1.165) is 56.7 Å². The molecule has 2 aliphatic rings. The first kappa shape index (κ1) is 21.9. The van der Waals surface area contributed by atoms with Crippen LogP contribution in [0.3, 0.4) is 0 Å². The van der Waals surface area contributed by atoms with E-state index in [9.17, 15) is 9.18 Å². The smallest absolute Gasteiger partial charge is 0.315 e. The van der Waals surface area contributed by atoms with Crippen molar-refractivity contribution in [3.8, 4) is 6.07 Å². The zero-order valence-electron chi connectivity index (χ0n) is 18.4. The Hall–Kier alpha value is -3.34. The maximum atomic E-state index is 14.3. The topological polar surface area (TPSA) is 84.3 Å². The number of halogens is 1. The fourth-order valence-electron chi connectivity index (χ4n) is 4.48. The standard InChI is InChI=1S/C24H29FN6O/c1-17-4-6-21(25)22(13-17)31-10-2-3-20(16-31)29-24(32)28-19-8-11-30(12-9-19)23-7-5-18(14-26)15-27-23/h4-7,13,15,19-20H,2-3,8-12,16H2,1H3,(H2,28,29,32). The van der Waals surface area contributed by atoms with Crippen LogP contribution in [0.4, 0.5) is 20.7 Å². The van der Waals surface area contributed by atoms with Gasteiger partial charge in [-0.2, -0.15) is 5.26 Å². The Kier molecular flexibility index (Phi) is 6.74. The number of nitriles is 1. The minimum atomic E-state index is -0.218. The molecule has 0 spiro atoms. The third-order valence-corrected chi connectivity index (χ3v) is 6.23. The van der Waals surface area contributed by atoms with E-state index in [1.165, 1.54) is 6.07 Å². The van der Waals surface area contributed by atoms with Crippen molar-refractivity contribution < 1.29 is 9.18 Å². The summed E-state index contributed by atoms with van der Waals surface area (Å²) in [6.07, 6.45) is 5.05. The van der Waals surface area contributed by atoms with Gasteiger partial charge >= 0.3 is 6.03 Å². The summed E-state index contributed by atoms with van der Waals surface area (Å²) in [6, 6.07) is 10.8. The molecule has 1 aromatic carbocycles. The molecule has 2 fully saturated rings. The van der Waals surface area contributed by atoms with Gasteiger partial charge in [0.2, 0.25) is 0 Å². The van der Waals surface area contributed by atoms with Crippen molar-refractivity contribution in [1.29, 1.82) is 5.26 Å². The summed E-state index contributed by atoms with van der Waals surface area (Å²) in [5, 5.41) is 15.1. The Morgan fingerprint density at radius 2 is 1.88 bits per heavy atom. The van der Waals surface area contributed by atoms with Crippen molar-refractivity contribution in [3.63, 3.8) is 0 Å².